The van der Waals surface area contributed by atoms with Crippen molar-refractivity contribution in [1.82, 2.24) is 15.0 Å². The normalized spacial score (nSPS) is 13.4. The molecule has 0 spiro atoms. The Morgan fingerprint density at radius 3 is 2.21 bits per heavy atom. The first-order valence-electron chi connectivity index (χ1n) is 15.0. The van der Waals surface area contributed by atoms with Crippen LogP contribution >= 0.6 is 0 Å². The monoisotopic (exact) mass is 555 g/mol. The summed E-state index contributed by atoms with van der Waals surface area (Å²) < 4.78 is 0. The lowest BCUT2D eigenvalue weighted by Gasteiger charge is -2.36. The third kappa shape index (κ3) is 7.00. The molecular formula is C36H37N5O. The Bertz CT molecular complexity index is 1600. The molecule has 3 heterocycles. The van der Waals surface area contributed by atoms with E-state index in [1.165, 1.54) is 11.3 Å². The maximum absolute atomic E-state index is 12.6. The largest absolute Gasteiger partial charge is 0.368 e. The van der Waals surface area contributed by atoms with Crippen LogP contribution in [-0.2, 0) is 17.6 Å². The van der Waals surface area contributed by atoms with Crippen LogP contribution in [0, 0.1) is 0 Å². The highest BCUT2D eigenvalue weighted by atomic mass is 16.1. The van der Waals surface area contributed by atoms with E-state index in [1.807, 2.05) is 24.7 Å². The van der Waals surface area contributed by atoms with Gasteiger partial charge in [0.1, 0.15) is 11.6 Å². The van der Waals surface area contributed by atoms with E-state index in [-0.39, 0.29) is 0 Å². The van der Waals surface area contributed by atoms with E-state index in [9.17, 15) is 4.79 Å². The van der Waals surface area contributed by atoms with E-state index in [2.05, 4.69) is 93.6 Å². The van der Waals surface area contributed by atoms with Crippen molar-refractivity contribution in [3.8, 4) is 11.1 Å². The van der Waals surface area contributed by atoms with Crippen LogP contribution < -0.4 is 9.80 Å². The van der Waals surface area contributed by atoms with Crippen molar-refractivity contribution < 1.29 is 4.79 Å². The number of rotatable bonds is 11. The molecule has 0 aliphatic carbocycles. The summed E-state index contributed by atoms with van der Waals surface area (Å²) in [4.78, 5) is 31.1. The zero-order valence-corrected chi connectivity index (χ0v) is 24.0. The van der Waals surface area contributed by atoms with Crippen molar-refractivity contribution in [3.63, 3.8) is 0 Å². The number of nitrogens with zero attached hydrogens (tertiary/aromatic N) is 5. The summed E-state index contributed by atoms with van der Waals surface area (Å²) in [6, 6.07) is 29.3. The minimum Gasteiger partial charge on any atom is -0.368 e. The number of carbonyl (C=O) groups excluding carboxylic acids is 1. The number of piperazine rings is 1. The van der Waals surface area contributed by atoms with Gasteiger partial charge in [-0.1, -0.05) is 67.1 Å². The lowest BCUT2D eigenvalue weighted by Crippen LogP contribution is -2.46. The Kier molecular flexibility index (Phi) is 8.79. The summed E-state index contributed by atoms with van der Waals surface area (Å²) in [5, 5.41) is 0. The number of anilines is 2. The molecule has 1 saturated heterocycles. The minimum atomic E-state index is 0.317. The van der Waals surface area contributed by atoms with Gasteiger partial charge >= 0.3 is 0 Å². The quantitative estimate of drug-likeness (QED) is 0.165. The van der Waals surface area contributed by atoms with Crippen LogP contribution in [0.5, 0.6) is 0 Å². The van der Waals surface area contributed by atoms with Gasteiger partial charge in [0.25, 0.3) is 0 Å². The molecule has 212 valence electrons. The van der Waals surface area contributed by atoms with Crippen LogP contribution in [0.2, 0.25) is 0 Å². The molecule has 6 nitrogen and oxygen atoms in total. The molecule has 0 saturated carbocycles. The lowest BCUT2D eigenvalue weighted by atomic mass is 9.99. The number of aryl methyl sites for hydroxylation is 1. The maximum atomic E-state index is 12.6. The number of benzene rings is 3. The van der Waals surface area contributed by atoms with E-state index in [4.69, 9.17) is 9.97 Å². The molecule has 5 aromatic rings. The van der Waals surface area contributed by atoms with Crippen LogP contribution in [0.25, 0.3) is 22.2 Å². The van der Waals surface area contributed by atoms with Crippen molar-refractivity contribution in [2.24, 2.45) is 0 Å². The van der Waals surface area contributed by atoms with Crippen molar-refractivity contribution in [3.05, 3.63) is 115 Å². The molecule has 0 N–H and O–H groups in total. The first kappa shape index (κ1) is 27.6. The standard InChI is InChI=1S/C36H37N5O/c42-33(10-6-2-5-9-28-7-3-1-4-8-28)25-29-11-13-30(14-12-29)31-15-16-34-35(26-31)39-36(27-38-34)41-23-21-40(22-24-41)32-17-19-37-20-18-32/h1,3-4,7-8,11-20,26-27H,2,5-6,9-10,21-25H2. The fourth-order valence-corrected chi connectivity index (χ4v) is 5.69. The van der Waals surface area contributed by atoms with Gasteiger partial charge in [-0.05, 0) is 65.8 Å². The number of hydrogen-bond donors (Lipinski definition) is 0. The van der Waals surface area contributed by atoms with Crippen molar-refractivity contribution in [1.29, 1.82) is 0 Å². The first-order chi connectivity index (χ1) is 20.7. The molecule has 1 aliphatic rings. The summed E-state index contributed by atoms with van der Waals surface area (Å²) in [6.07, 6.45) is 11.0. The van der Waals surface area contributed by atoms with Gasteiger partial charge in [0, 0.05) is 57.1 Å². The number of unbranched alkanes of at least 4 members (excludes halogenated alkanes) is 2. The minimum absolute atomic E-state index is 0.317. The highest BCUT2D eigenvalue weighted by Gasteiger charge is 2.19. The second kappa shape index (κ2) is 13.4. The average Bonchev–Trinajstić information content (AvgIpc) is 3.05. The summed E-state index contributed by atoms with van der Waals surface area (Å²) in [5.74, 6) is 1.24. The number of Topliss-reactive ketones (excluding diaryl/α,β-unsaturated/α-hetero) is 1. The van der Waals surface area contributed by atoms with Crippen LogP contribution in [0.3, 0.4) is 0 Å². The van der Waals surface area contributed by atoms with Gasteiger partial charge in [-0.2, -0.15) is 0 Å². The molecule has 0 bridgehead atoms. The number of hydrogen-bond acceptors (Lipinski definition) is 6. The second-order valence-electron chi connectivity index (χ2n) is 11.1. The van der Waals surface area contributed by atoms with Gasteiger partial charge in [0.2, 0.25) is 0 Å². The lowest BCUT2D eigenvalue weighted by molar-refractivity contribution is -0.118. The van der Waals surface area contributed by atoms with Crippen LogP contribution in [0.1, 0.15) is 36.8 Å². The maximum Gasteiger partial charge on any atom is 0.147 e. The molecule has 0 unspecified atom stereocenters. The Morgan fingerprint density at radius 1 is 0.690 bits per heavy atom. The molecule has 1 aliphatic heterocycles. The van der Waals surface area contributed by atoms with Gasteiger partial charge in [-0.15, -0.1) is 0 Å². The number of ketones is 1. The number of aromatic nitrogens is 3. The number of fused-ring (bicyclic) bond motifs is 1. The fourth-order valence-electron chi connectivity index (χ4n) is 5.69. The first-order valence-corrected chi connectivity index (χ1v) is 15.0. The summed E-state index contributed by atoms with van der Waals surface area (Å²) >= 11 is 0. The summed E-state index contributed by atoms with van der Waals surface area (Å²) in [7, 11) is 0. The van der Waals surface area contributed by atoms with Crippen molar-refractivity contribution in [2.75, 3.05) is 36.0 Å². The zero-order valence-electron chi connectivity index (χ0n) is 24.0. The Morgan fingerprint density at radius 2 is 1.43 bits per heavy atom. The number of pyridine rings is 1. The number of carbonyl (C=O) groups is 1. The smallest absolute Gasteiger partial charge is 0.147 e. The Hall–Kier alpha value is -4.58. The van der Waals surface area contributed by atoms with Crippen LogP contribution in [0.4, 0.5) is 11.5 Å². The second-order valence-corrected chi connectivity index (χ2v) is 11.1. The van der Waals surface area contributed by atoms with Crippen LogP contribution in [-0.4, -0.2) is 46.9 Å². The SMILES string of the molecule is O=C(CCCCCc1ccccc1)Cc1ccc(-c2ccc3ncc(N4CCN(c5ccncc5)CC4)nc3c2)cc1. The average molecular weight is 556 g/mol. The molecule has 0 atom stereocenters. The predicted molar refractivity (Wildman–Crippen MR) is 171 cm³/mol. The Balaban J connectivity index is 1.02. The molecule has 6 rings (SSSR count). The molecular weight excluding hydrogens is 518 g/mol. The van der Waals surface area contributed by atoms with Gasteiger partial charge in [0.05, 0.1) is 17.2 Å². The molecule has 0 amide bonds. The van der Waals surface area contributed by atoms with Crippen molar-refractivity contribution >= 4 is 28.3 Å². The van der Waals surface area contributed by atoms with Crippen molar-refractivity contribution in [2.45, 2.75) is 38.5 Å². The van der Waals surface area contributed by atoms with E-state index < -0.39 is 0 Å². The predicted octanol–water partition coefficient (Wildman–Crippen LogP) is 6.93. The van der Waals surface area contributed by atoms with Crippen LogP contribution in [0.15, 0.2) is 104 Å². The molecule has 0 radical (unpaired) electrons. The van der Waals surface area contributed by atoms with E-state index in [1.54, 1.807) is 0 Å². The zero-order chi connectivity index (χ0) is 28.6. The van der Waals surface area contributed by atoms with Gasteiger partial charge in [-0.25, -0.2) is 4.98 Å². The molecule has 42 heavy (non-hydrogen) atoms. The third-order valence-electron chi connectivity index (χ3n) is 8.11. The fraction of sp³-hybridized carbons (Fsp3) is 0.278. The molecule has 2 aromatic heterocycles. The van der Waals surface area contributed by atoms with Gasteiger partial charge in [-0.3, -0.25) is 14.8 Å². The summed E-state index contributed by atoms with van der Waals surface area (Å²) in [5.41, 5.74) is 7.67. The van der Waals surface area contributed by atoms with Gasteiger partial charge < -0.3 is 9.80 Å². The topological polar surface area (TPSA) is 62.2 Å². The Labute approximate surface area is 248 Å². The van der Waals surface area contributed by atoms with E-state index in [0.29, 0.717) is 18.6 Å². The highest BCUT2D eigenvalue weighted by molar-refractivity contribution is 5.83. The molecule has 1 fully saturated rings. The molecule has 3 aromatic carbocycles. The third-order valence-corrected chi connectivity index (χ3v) is 8.11. The van der Waals surface area contributed by atoms with E-state index >= 15 is 0 Å². The highest BCUT2D eigenvalue weighted by Crippen LogP contribution is 2.26. The van der Waals surface area contributed by atoms with Gasteiger partial charge in [0.15, 0.2) is 0 Å². The summed E-state index contributed by atoms with van der Waals surface area (Å²) in [6.45, 7) is 3.67. The van der Waals surface area contributed by atoms with E-state index in [0.717, 1.165) is 85.4 Å². The molecule has 6 heteroatoms.